The Morgan fingerprint density at radius 2 is 1.04 bits per heavy atom. The smallest absolute Gasteiger partial charge is 0.137 e. The summed E-state index contributed by atoms with van der Waals surface area (Å²) in [5, 5.41) is 2.34. The first-order valence-corrected chi connectivity index (χ1v) is 28.6. The van der Waals surface area contributed by atoms with Crippen molar-refractivity contribution in [1.82, 2.24) is 9.55 Å². The molecule has 0 saturated carbocycles. The number of fused-ring (bicyclic) bond motifs is 11. The Morgan fingerprint density at radius 3 is 1.77 bits per heavy atom. The van der Waals surface area contributed by atoms with Gasteiger partial charge in [-0.25, -0.2) is 4.98 Å². The van der Waals surface area contributed by atoms with Crippen molar-refractivity contribution in [3.63, 3.8) is 0 Å². The van der Waals surface area contributed by atoms with Crippen LogP contribution in [0.5, 0.6) is 11.5 Å². The zero-order valence-electron chi connectivity index (χ0n) is 47.3. The Hall–Kier alpha value is -8.67. The van der Waals surface area contributed by atoms with E-state index in [4.69, 9.17) is 9.72 Å². The first-order chi connectivity index (χ1) is 38.6. The number of anilines is 4. The molecule has 5 heteroatoms. The maximum atomic E-state index is 6.97. The largest absolute Gasteiger partial charge is 0.457 e. The highest BCUT2D eigenvalue weighted by Gasteiger charge is 2.78. The van der Waals surface area contributed by atoms with Crippen LogP contribution < -0.4 is 14.5 Å². The van der Waals surface area contributed by atoms with E-state index < -0.39 is 5.41 Å². The van der Waals surface area contributed by atoms with Crippen LogP contribution in [-0.2, 0) is 27.1 Å². The molecule has 0 saturated heterocycles. The van der Waals surface area contributed by atoms with Gasteiger partial charge in [-0.2, -0.15) is 0 Å². The van der Waals surface area contributed by atoms with E-state index in [2.05, 4.69) is 289 Å². The van der Waals surface area contributed by atoms with E-state index >= 15 is 0 Å². The normalized spacial score (nSPS) is 18.7. The predicted octanol–water partition coefficient (Wildman–Crippen LogP) is 18.9. The van der Waals surface area contributed by atoms with Gasteiger partial charge < -0.3 is 14.5 Å². The summed E-state index contributed by atoms with van der Waals surface area (Å²) >= 11 is 0. The molecule has 2 aromatic heterocycles. The third-order valence-corrected chi connectivity index (χ3v) is 18.4. The molecule has 80 heavy (non-hydrogen) atoms. The second-order valence-electron chi connectivity index (χ2n) is 26.0. The van der Waals surface area contributed by atoms with Gasteiger partial charge in [-0.15, -0.1) is 0 Å². The van der Waals surface area contributed by atoms with Crippen LogP contribution in [0.1, 0.15) is 124 Å². The second-order valence-corrected chi connectivity index (χ2v) is 26.0. The third-order valence-electron chi connectivity index (χ3n) is 18.4. The number of para-hydroxylation sites is 4. The minimum Gasteiger partial charge on any atom is -0.457 e. The lowest BCUT2D eigenvalue weighted by atomic mass is 9.35. The zero-order chi connectivity index (χ0) is 54.7. The van der Waals surface area contributed by atoms with E-state index in [1.165, 1.54) is 83.5 Å². The van der Waals surface area contributed by atoms with Crippen molar-refractivity contribution in [2.24, 2.45) is 0 Å². The first-order valence-electron chi connectivity index (χ1n) is 28.6. The molecule has 3 heterocycles. The van der Waals surface area contributed by atoms with Crippen LogP contribution in [0.2, 0.25) is 0 Å². The highest BCUT2D eigenvalue weighted by atomic mass is 16.5. The molecule has 392 valence electrons. The molecule has 15 rings (SSSR count). The fourth-order valence-electron chi connectivity index (χ4n) is 14.8. The van der Waals surface area contributed by atoms with E-state index in [0.29, 0.717) is 6.67 Å². The maximum Gasteiger partial charge on any atom is 0.137 e. The number of ether oxygens (including phenoxy) is 1. The summed E-state index contributed by atoms with van der Waals surface area (Å²) in [5.74, 6) is 2.67. The summed E-state index contributed by atoms with van der Waals surface area (Å²) in [6.45, 7) is 21.4. The number of aromatic nitrogens is 2. The molecule has 1 spiro atoms. The van der Waals surface area contributed by atoms with Crippen LogP contribution in [0.3, 0.4) is 0 Å². The molecule has 1 aliphatic heterocycles. The van der Waals surface area contributed by atoms with Crippen molar-refractivity contribution < 1.29 is 4.74 Å². The molecule has 0 amide bonds. The number of pyridine rings is 1. The van der Waals surface area contributed by atoms with Crippen LogP contribution in [0.4, 0.5) is 22.7 Å². The standard InChI is InChI=1S/C75H66N4O/c1-71(2,3)48-38-39-76-68(43-48)79-64-33-17-12-24-55(64)56-37-36-53(45-67(56)79)80-52-23-20-22-51(44-52)77-46-78(66-35-19-18-34-65(66)77)70-54(47-40-49(72(4,5)6)42-50(41-47)73(7,8)9)27-21-32-63(70)74-59-28-13-10-25-57(59)69-58-26-11-14-29-60(58)75(69,74)62-31-16-15-30-61(62)74/h10-45,69H,46H2,1-9H3. The predicted molar refractivity (Wildman–Crippen MR) is 330 cm³/mol. The fraction of sp³-hybridized carbons (Fsp3) is 0.213. The number of hydrogen-bond acceptors (Lipinski definition) is 4. The molecule has 0 N–H and O–H groups in total. The summed E-state index contributed by atoms with van der Waals surface area (Å²) in [5.41, 5.74) is 22.3. The van der Waals surface area contributed by atoms with Gasteiger partial charge in [-0.1, -0.05) is 208 Å². The molecular weight excluding hydrogens is 973 g/mol. The molecule has 5 nitrogen and oxygen atoms in total. The second kappa shape index (κ2) is 16.9. The van der Waals surface area contributed by atoms with Crippen molar-refractivity contribution >= 4 is 44.6 Å². The minimum absolute atomic E-state index is 0.0251. The topological polar surface area (TPSA) is 33.5 Å². The Morgan fingerprint density at radius 1 is 0.450 bits per heavy atom. The van der Waals surface area contributed by atoms with Crippen molar-refractivity contribution in [3.05, 3.63) is 274 Å². The molecule has 0 radical (unpaired) electrons. The summed E-state index contributed by atoms with van der Waals surface area (Å²) in [6, 6.07) is 79.9. The number of benzene rings is 9. The van der Waals surface area contributed by atoms with Crippen molar-refractivity contribution in [2.45, 2.75) is 95.3 Å². The lowest BCUT2D eigenvalue weighted by molar-refractivity contribution is 0.258. The molecular formula is C75H66N4O. The Bertz CT molecular complexity index is 4330. The number of rotatable bonds is 7. The van der Waals surface area contributed by atoms with Gasteiger partial charge in [0.15, 0.2) is 0 Å². The zero-order valence-corrected chi connectivity index (χ0v) is 47.3. The SMILES string of the molecule is CC(C)(C)c1cc(-c2cccc(C34c5ccccc5C5c6ccccc6C53c3ccccc34)c2N2CN(c3cccc(Oc4ccc5c6ccccc6n(-c6cc(C(C)(C)C)ccn6)c5c4)c3)c3ccccc32)cc(C(C)(C)C)c1. The van der Waals surface area contributed by atoms with Crippen molar-refractivity contribution in [3.8, 4) is 28.4 Å². The molecule has 4 aliphatic rings. The summed E-state index contributed by atoms with van der Waals surface area (Å²) in [7, 11) is 0. The van der Waals surface area contributed by atoms with Crippen LogP contribution >= 0.6 is 0 Å². The van der Waals surface area contributed by atoms with E-state index in [9.17, 15) is 0 Å². The summed E-state index contributed by atoms with van der Waals surface area (Å²) < 4.78 is 9.26. The molecule has 11 aromatic rings. The Balaban J connectivity index is 0.901. The van der Waals surface area contributed by atoms with Gasteiger partial charge >= 0.3 is 0 Å². The summed E-state index contributed by atoms with van der Waals surface area (Å²) in [6.07, 6.45) is 1.94. The average Bonchev–Trinajstić information content (AvgIpc) is 2.14. The van der Waals surface area contributed by atoms with Gasteiger partial charge in [0.25, 0.3) is 0 Å². The van der Waals surface area contributed by atoms with Crippen molar-refractivity contribution in [2.75, 3.05) is 16.5 Å². The molecule has 9 aromatic carbocycles. The fourth-order valence-corrected chi connectivity index (χ4v) is 14.8. The van der Waals surface area contributed by atoms with Gasteiger partial charge in [0, 0.05) is 51.7 Å². The number of nitrogens with zero attached hydrogens (tertiary/aromatic N) is 4. The first kappa shape index (κ1) is 48.5. The minimum atomic E-state index is -0.465. The lowest BCUT2D eigenvalue weighted by Gasteiger charge is -2.65. The Kier molecular flexibility index (Phi) is 10.3. The summed E-state index contributed by atoms with van der Waals surface area (Å²) in [4.78, 5) is 10.1. The molecule has 3 aliphatic carbocycles. The monoisotopic (exact) mass is 1040 g/mol. The van der Waals surface area contributed by atoms with E-state index in [-0.39, 0.29) is 27.6 Å². The molecule has 0 bridgehead atoms. The molecule has 3 unspecified atom stereocenters. The van der Waals surface area contributed by atoms with Gasteiger partial charge in [0.1, 0.15) is 24.0 Å². The van der Waals surface area contributed by atoms with Crippen LogP contribution in [-0.4, -0.2) is 16.2 Å². The Labute approximate surface area is 470 Å². The third kappa shape index (κ3) is 6.67. The van der Waals surface area contributed by atoms with E-state index in [0.717, 1.165) is 45.1 Å². The lowest BCUT2D eigenvalue weighted by Crippen LogP contribution is -2.64. The van der Waals surface area contributed by atoms with E-state index in [1.807, 2.05) is 6.20 Å². The quantitative estimate of drug-likeness (QED) is 0.159. The van der Waals surface area contributed by atoms with Gasteiger partial charge in [-0.3, -0.25) is 4.57 Å². The molecule has 0 fully saturated rings. The van der Waals surface area contributed by atoms with Crippen LogP contribution in [0.15, 0.2) is 219 Å². The van der Waals surface area contributed by atoms with Gasteiger partial charge in [-0.05, 0) is 132 Å². The van der Waals surface area contributed by atoms with Crippen molar-refractivity contribution in [1.29, 1.82) is 0 Å². The highest BCUT2D eigenvalue weighted by molar-refractivity contribution is 6.09. The van der Waals surface area contributed by atoms with Crippen LogP contribution in [0, 0.1) is 0 Å². The van der Waals surface area contributed by atoms with Crippen LogP contribution in [0.25, 0.3) is 38.8 Å². The highest BCUT2D eigenvalue weighted by Crippen LogP contribution is 2.82. The number of hydrogen-bond donors (Lipinski definition) is 0. The van der Waals surface area contributed by atoms with E-state index in [1.54, 1.807) is 0 Å². The molecule has 3 atom stereocenters. The maximum absolute atomic E-state index is 6.97. The van der Waals surface area contributed by atoms with Gasteiger partial charge in [0.2, 0.25) is 0 Å². The van der Waals surface area contributed by atoms with Gasteiger partial charge in [0.05, 0.1) is 33.5 Å². The average molecular weight is 1040 g/mol.